The molecule has 1 fully saturated rings. The van der Waals surface area contributed by atoms with Crippen LogP contribution in [0.2, 0.25) is 0 Å². The van der Waals surface area contributed by atoms with E-state index in [0.717, 1.165) is 71.7 Å². The fourth-order valence-corrected chi connectivity index (χ4v) is 4.36. The van der Waals surface area contributed by atoms with Crippen molar-refractivity contribution in [2.75, 3.05) is 52.4 Å². The van der Waals surface area contributed by atoms with Gasteiger partial charge in [-0.2, -0.15) is 0 Å². The second-order valence-corrected chi connectivity index (χ2v) is 12.6. The SMILES string of the molecule is CC(C)(C)[N-]C(=O)N1CCCN(Cc2ccccc2)CC[N-]CCCN(Cc2ccccc2)CC1.CC(C)[O-].CC(C)[O-].[Zr+4]. The van der Waals surface area contributed by atoms with E-state index in [-0.39, 0.29) is 37.8 Å². The zero-order valence-corrected chi connectivity index (χ0v) is 30.8. The second kappa shape index (κ2) is 24.6. The van der Waals surface area contributed by atoms with E-state index in [4.69, 9.17) is 5.32 Å². The molecular formula is C35H57N5O3Zr. The van der Waals surface area contributed by atoms with Gasteiger partial charge in [0, 0.05) is 13.1 Å². The van der Waals surface area contributed by atoms with Crippen molar-refractivity contribution in [1.29, 1.82) is 0 Å². The quantitative estimate of drug-likeness (QED) is 0.437. The Labute approximate surface area is 287 Å². The molecule has 2 aromatic rings. The molecule has 0 spiro atoms. The first-order valence-electron chi connectivity index (χ1n) is 15.8. The van der Waals surface area contributed by atoms with Crippen LogP contribution in [0, 0.1) is 0 Å². The van der Waals surface area contributed by atoms with Gasteiger partial charge in [0.05, 0.1) is 0 Å². The summed E-state index contributed by atoms with van der Waals surface area (Å²) in [7, 11) is 0. The molecule has 0 bridgehead atoms. The first-order chi connectivity index (χ1) is 20.4. The molecule has 44 heavy (non-hydrogen) atoms. The molecule has 0 aliphatic carbocycles. The van der Waals surface area contributed by atoms with Crippen molar-refractivity contribution >= 4 is 6.03 Å². The third-order valence-corrected chi connectivity index (χ3v) is 6.15. The summed E-state index contributed by atoms with van der Waals surface area (Å²) in [5.41, 5.74) is 2.25. The number of hydrogen-bond acceptors (Lipinski definition) is 5. The van der Waals surface area contributed by atoms with Gasteiger partial charge in [-0.15, -0.1) is 25.3 Å². The standard InChI is InChI=1S/C29H44N5O.2C3H7O.Zr/c1-29(2,3)31-28(35)34-20-11-19-32(24-26-12-6-4-7-13-26)21-17-30-16-10-18-33(22-23-34)25-27-14-8-5-9-15-27;2*1-3(2)4;/h4-9,12-15H,10-11,16-25H2,1-3H3,(H,31,35);2*3H,1-2H3;/q3*-1;+4/p-1. The molecule has 2 amide bonds. The Morgan fingerprint density at radius 3 is 1.66 bits per heavy atom. The van der Waals surface area contributed by atoms with Crippen LogP contribution in [0.4, 0.5) is 4.79 Å². The topological polar surface area (TPSA) is 101 Å². The van der Waals surface area contributed by atoms with E-state index in [1.807, 2.05) is 25.7 Å². The number of amides is 2. The van der Waals surface area contributed by atoms with Crippen LogP contribution in [-0.2, 0) is 39.3 Å². The number of carbonyl (C=O) groups is 1. The third kappa shape index (κ3) is 23.7. The van der Waals surface area contributed by atoms with Crippen LogP contribution >= 0.6 is 0 Å². The van der Waals surface area contributed by atoms with Gasteiger partial charge in [0.25, 0.3) is 0 Å². The minimum Gasteiger partial charge on any atom is -0.852 e. The Morgan fingerprint density at radius 1 is 0.727 bits per heavy atom. The van der Waals surface area contributed by atoms with Crippen molar-refractivity contribution in [3.8, 4) is 0 Å². The van der Waals surface area contributed by atoms with Crippen LogP contribution < -0.4 is 10.2 Å². The predicted octanol–water partition coefficient (Wildman–Crippen LogP) is 5.26. The Kier molecular flexibility index (Phi) is 23.7. The number of nitrogens with zero attached hydrogens (tertiary/aromatic N) is 5. The largest absolute Gasteiger partial charge is 4.00 e. The van der Waals surface area contributed by atoms with Crippen molar-refractivity contribution in [2.24, 2.45) is 0 Å². The molecule has 3 rings (SSSR count). The Bertz CT molecular complexity index is 946. The van der Waals surface area contributed by atoms with Gasteiger partial charge >= 0.3 is 26.2 Å². The minimum absolute atomic E-state index is 0. The molecule has 8 nitrogen and oxygen atoms in total. The van der Waals surface area contributed by atoms with Gasteiger partial charge in [-0.3, -0.25) is 9.69 Å². The molecule has 1 aliphatic rings. The molecular weight excluding hydrogens is 630 g/mol. The van der Waals surface area contributed by atoms with Crippen molar-refractivity contribution in [1.82, 2.24) is 14.7 Å². The molecule has 244 valence electrons. The van der Waals surface area contributed by atoms with Crippen molar-refractivity contribution in [3.63, 3.8) is 0 Å². The van der Waals surface area contributed by atoms with E-state index in [1.165, 1.54) is 11.1 Å². The van der Waals surface area contributed by atoms with Gasteiger partial charge in [-0.05, 0) is 62.4 Å². The summed E-state index contributed by atoms with van der Waals surface area (Å²) < 4.78 is 0. The molecule has 0 aromatic heterocycles. The van der Waals surface area contributed by atoms with Crippen LogP contribution in [0.3, 0.4) is 0 Å². The van der Waals surface area contributed by atoms with E-state index in [2.05, 4.69) is 75.8 Å². The maximum Gasteiger partial charge on any atom is 4.00 e. The predicted molar refractivity (Wildman–Crippen MR) is 176 cm³/mol. The maximum absolute atomic E-state index is 13.1. The van der Waals surface area contributed by atoms with Gasteiger partial charge < -0.3 is 30.6 Å². The molecule has 0 unspecified atom stereocenters. The van der Waals surface area contributed by atoms with E-state index in [0.29, 0.717) is 6.54 Å². The Morgan fingerprint density at radius 2 is 1.18 bits per heavy atom. The fraction of sp³-hybridized carbons (Fsp3) is 0.629. The summed E-state index contributed by atoms with van der Waals surface area (Å²) in [6, 6.07) is 21.1. The van der Waals surface area contributed by atoms with Crippen LogP contribution in [0.25, 0.3) is 10.6 Å². The van der Waals surface area contributed by atoms with Crippen molar-refractivity contribution < 1.29 is 41.2 Å². The number of urea groups is 1. The van der Waals surface area contributed by atoms with Gasteiger partial charge in [-0.25, -0.2) is 0 Å². The zero-order chi connectivity index (χ0) is 32.1. The van der Waals surface area contributed by atoms with Crippen LogP contribution in [0.5, 0.6) is 0 Å². The number of carbonyl (C=O) groups excluding carboxylic acids is 1. The maximum atomic E-state index is 13.1. The zero-order valence-electron chi connectivity index (χ0n) is 28.4. The summed E-state index contributed by atoms with van der Waals surface area (Å²) in [6.45, 7) is 21.1. The van der Waals surface area contributed by atoms with Crippen LogP contribution in [0.1, 0.15) is 72.4 Å². The fourth-order valence-electron chi connectivity index (χ4n) is 4.36. The number of hydrogen-bond donors (Lipinski definition) is 0. The summed E-state index contributed by atoms with van der Waals surface area (Å²) in [4.78, 5) is 20.0. The first-order valence-corrected chi connectivity index (χ1v) is 15.8. The summed E-state index contributed by atoms with van der Waals surface area (Å²) in [5.74, 6) is 0. The molecule has 9 heteroatoms. The monoisotopic (exact) mass is 685 g/mol. The molecule has 1 aliphatic heterocycles. The van der Waals surface area contributed by atoms with Gasteiger partial charge in [-0.1, -0.05) is 116 Å². The van der Waals surface area contributed by atoms with Gasteiger partial charge in [0.15, 0.2) is 6.03 Å². The van der Waals surface area contributed by atoms with E-state index in [1.54, 1.807) is 27.7 Å². The number of benzene rings is 2. The second-order valence-electron chi connectivity index (χ2n) is 12.6. The average Bonchev–Trinajstić information content (AvgIpc) is 2.91. The Balaban J connectivity index is 0.00000183. The van der Waals surface area contributed by atoms with Gasteiger partial charge in [0.1, 0.15) is 0 Å². The molecule has 0 saturated carbocycles. The molecule has 0 N–H and O–H groups in total. The summed E-state index contributed by atoms with van der Waals surface area (Å²) >= 11 is 0. The smallest absolute Gasteiger partial charge is 0.852 e. The van der Waals surface area contributed by atoms with Crippen LogP contribution in [0.15, 0.2) is 60.7 Å². The minimum atomic E-state index is -0.417. The normalized spacial score (nSPS) is 16.0. The van der Waals surface area contributed by atoms with E-state index < -0.39 is 12.2 Å². The summed E-state index contributed by atoms with van der Waals surface area (Å²) in [6.07, 6.45) is 1.13. The van der Waals surface area contributed by atoms with Gasteiger partial charge in [0.2, 0.25) is 0 Å². The number of rotatable bonds is 4. The third-order valence-electron chi connectivity index (χ3n) is 6.15. The Hall–Kier alpha value is -1.61. The molecule has 0 atom stereocenters. The van der Waals surface area contributed by atoms with E-state index >= 15 is 0 Å². The van der Waals surface area contributed by atoms with Crippen molar-refractivity contribution in [2.45, 2.75) is 92.1 Å². The summed E-state index contributed by atoms with van der Waals surface area (Å²) in [5, 5.41) is 28.4. The average molecular weight is 687 g/mol. The van der Waals surface area contributed by atoms with E-state index in [9.17, 15) is 15.0 Å². The van der Waals surface area contributed by atoms with Crippen molar-refractivity contribution in [3.05, 3.63) is 82.4 Å². The molecule has 2 aromatic carbocycles. The molecule has 0 radical (unpaired) electrons. The van der Waals surface area contributed by atoms with Crippen LogP contribution in [-0.4, -0.2) is 90.8 Å². The molecule has 1 heterocycles. The first kappa shape index (κ1) is 42.4. The molecule has 1 saturated heterocycles.